The first kappa shape index (κ1) is 43.5. The lowest BCUT2D eigenvalue weighted by molar-refractivity contribution is -0.148. The number of benzene rings is 4. The van der Waals surface area contributed by atoms with Crippen molar-refractivity contribution in [2.24, 2.45) is 5.16 Å². The minimum absolute atomic E-state index is 0.0657. The van der Waals surface area contributed by atoms with Gasteiger partial charge in [0.1, 0.15) is 35.1 Å². The number of carboxylic acid groups (broad SMARTS) is 1. The van der Waals surface area contributed by atoms with Gasteiger partial charge >= 0.3 is 11.9 Å². The van der Waals surface area contributed by atoms with Crippen LogP contribution in [0, 0.1) is 0 Å². The Hall–Kier alpha value is -6.71. The van der Waals surface area contributed by atoms with E-state index < -0.39 is 35.2 Å². The number of ether oxygens (including phenoxy) is 3. The summed E-state index contributed by atoms with van der Waals surface area (Å²) in [6.07, 6.45) is 1.23. The number of halogens is 2. The van der Waals surface area contributed by atoms with Crippen molar-refractivity contribution < 1.29 is 48.8 Å². The van der Waals surface area contributed by atoms with Gasteiger partial charge in [-0.05, 0) is 23.8 Å². The third-order valence-corrected chi connectivity index (χ3v) is 14.0. The number of thioether (sulfide) groups is 2. The van der Waals surface area contributed by atoms with E-state index in [4.69, 9.17) is 48.0 Å². The first-order valence-electron chi connectivity index (χ1n) is 19.2. The van der Waals surface area contributed by atoms with Gasteiger partial charge in [0.15, 0.2) is 33.8 Å². The second kappa shape index (κ2) is 18.0. The maximum atomic E-state index is 14.0. The number of aromatic hydroxyl groups is 2. The van der Waals surface area contributed by atoms with Crippen molar-refractivity contribution in [2.45, 2.75) is 28.8 Å². The highest BCUT2D eigenvalue weighted by Gasteiger charge is 2.54. The summed E-state index contributed by atoms with van der Waals surface area (Å²) in [5.41, 5.74) is 8.95. The molecule has 2 aromatic heterocycles. The van der Waals surface area contributed by atoms with E-state index in [0.29, 0.717) is 38.4 Å². The van der Waals surface area contributed by atoms with E-state index in [1.165, 1.54) is 58.5 Å². The van der Waals surface area contributed by atoms with Crippen LogP contribution in [-0.4, -0.2) is 81.8 Å². The maximum Gasteiger partial charge on any atom is 0.512 e. The van der Waals surface area contributed by atoms with Gasteiger partial charge in [-0.2, -0.15) is 0 Å². The summed E-state index contributed by atoms with van der Waals surface area (Å²) in [5.74, 6) is -2.92. The van der Waals surface area contributed by atoms with Gasteiger partial charge in [0.05, 0.1) is 10.0 Å². The smallest absolute Gasteiger partial charge is 0.504 e. The summed E-state index contributed by atoms with van der Waals surface area (Å²) in [5, 5.41) is 38.0. The number of nitrogen functional groups attached to an aromatic ring is 1. The fourth-order valence-electron chi connectivity index (χ4n) is 7.12. The third kappa shape index (κ3) is 8.41. The Morgan fingerprint density at radius 2 is 1.74 bits per heavy atom. The molecule has 6 aromatic rings. The maximum absolute atomic E-state index is 14.0. The predicted octanol–water partition coefficient (Wildman–Crippen LogP) is 7.59. The second-order valence-electron chi connectivity index (χ2n) is 14.2. The van der Waals surface area contributed by atoms with Crippen LogP contribution in [0.5, 0.6) is 23.0 Å². The van der Waals surface area contributed by atoms with Gasteiger partial charge in [-0.1, -0.05) is 95.1 Å². The number of hydrogen-bond donors (Lipinski definition) is 5. The van der Waals surface area contributed by atoms with Crippen LogP contribution in [-0.2, 0) is 31.6 Å². The van der Waals surface area contributed by atoms with Crippen molar-refractivity contribution in [2.75, 3.05) is 17.2 Å². The lowest BCUT2D eigenvalue weighted by Crippen LogP contribution is -2.70. The minimum atomic E-state index is -1.64. The van der Waals surface area contributed by atoms with Gasteiger partial charge in [0, 0.05) is 50.9 Å². The van der Waals surface area contributed by atoms with E-state index in [-0.39, 0.29) is 73.6 Å². The fourth-order valence-corrected chi connectivity index (χ4v) is 10.6. The second-order valence-corrected chi connectivity index (χ2v) is 17.9. The van der Waals surface area contributed by atoms with Gasteiger partial charge < -0.3 is 45.4 Å². The van der Waals surface area contributed by atoms with E-state index in [1.54, 1.807) is 12.1 Å². The molecule has 1 fully saturated rings. The van der Waals surface area contributed by atoms with Crippen molar-refractivity contribution in [3.63, 3.8) is 0 Å². The molecule has 1 saturated heterocycles. The Balaban J connectivity index is 0.919. The molecule has 17 nitrogen and oxygen atoms in total. The summed E-state index contributed by atoms with van der Waals surface area (Å²) in [6, 6.07) is 23.3. The number of rotatable bonds is 13. The number of carbonyl (C=O) groups excluding carboxylic acids is 2. The molecule has 2 amide bonds. The number of amides is 2. The van der Waals surface area contributed by atoms with Gasteiger partial charge in [-0.15, -0.1) is 34.9 Å². The van der Waals surface area contributed by atoms with Crippen molar-refractivity contribution in [3.05, 3.63) is 147 Å². The number of oxime groups is 1. The molecule has 330 valence electrons. The lowest BCUT2D eigenvalue weighted by Gasteiger charge is -2.49. The molecule has 5 heterocycles. The monoisotopic (exact) mass is 971 g/mol. The molecule has 4 aromatic carbocycles. The molecule has 0 saturated carbocycles. The summed E-state index contributed by atoms with van der Waals surface area (Å²) in [7, 11) is 0. The number of anilines is 1. The first-order valence-corrected chi connectivity index (χ1v) is 22.8. The number of nitrogens with two attached hydrogens (primary N) is 1. The van der Waals surface area contributed by atoms with Gasteiger partial charge in [-0.3, -0.25) is 14.5 Å². The molecule has 3 aliphatic heterocycles. The Morgan fingerprint density at radius 1 is 1.02 bits per heavy atom. The van der Waals surface area contributed by atoms with Crippen molar-refractivity contribution in [1.29, 1.82) is 0 Å². The van der Waals surface area contributed by atoms with E-state index in [0.717, 1.165) is 11.3 Å². The van der Waals surface area contributed by atoms with Crippen LogP contribution < -0.4 is 20.5 Å². The number of fused-ring (bicyclic) bond motifs is 2. The van der Waals surface area contributed by atoms with Crippen LogP contribution in [0.25, 0.3) is 11.1 Å². The Morgan fingerprint density at radius 3 is 2.42 bits per heavy atom. The summed E-state index contributed by atoms with van der Waals surface area (Å²) in [4.78, 5) is 59.2. The quantitative estimate of drug-likeness (QED) is 0.0142. The number of thiazole rings is 1. The summed E-state index contributed by atoms with van der Waals surface area (Å²) in [6.45, 7) is -0.292. The molecule has 65 heavy (non-hydrogen) atoms. The van der Waals surface area contributed by atoms with Crippen LogP contribution in [0.15, 0.2) is 124 Å². The van der Waals surface area contributed by atoms with E-state index in [1.807, 2.05) is 60.7 Å². The molecule has 0 spiro atoms. The van der Waals surface area contributed by atoms with Crippen LogP contribution in [0.2, 0.25) is 10.0 Å². The number of phenolic OH excluding ortho intramolecular Hbond substituents is 2. The van der Waals surface area contributed by atoms with Crippen LogP contribution in [0.4, 0.5) is 9.93 Å². The average Bonchev–Trinajstić information content (AvgIpc) is 3.95. The molecular weight excluding hydrogens is 942 g/mol. The first-order chi connectivity index (χ1) is 31.4. The van der Waals surface area contributed by atoms with Crippen molar-refractivity contribution >= 4 is 86.9 Å². The van der Waals surface area contributed by atoms with E-state index in [9.17, 15) is 29.7 Å². The highest BCUT2D eigenvalue weighted by Crippen LogP contribution is 2.55. The number of hydrogen-bond acceptors (Lipinski definition) is 17. The summed E-state index contributed by atoms with van der Waals surface area (Å²) < 4.78 is 18.2. The molecule has 6 N–H and O–H groups in total. The lowest BCUT2D eigenvalue weighted by atomic mass is 9.97. The Kier molecular flexibility index (Phi) is 12.1. The molecule has 0 unspecified atom stereocenters. The number of nitrogens with zero attached hydrogens (tertiary/aromatic N) is 5. The molecule has 0 aliphatic carbocycles. The van der Waals surface area contributed by atoms with Gasteiger partial charge in [0.25, 0.3) is 11.8 Å². The highest BCUT2D eigenvalue weighted by atomic mass is 35.5. The normalized spacial score (nSPS) is 17.3. The zero-order chi connectivity index (χ0) is 45.4. The topological polar surface area (TPSA) is 241 Å². The average molecular weight is 973 g/mol. The number of nitrogens with one attached hydrogen (secondary N) is 1. The third-order valence-electron chi connectivity index (χ3n) is 10.2. The van der Waals surface area contributed by atoms with Crippen LogP contribution >= 0.6 is 58.1 Å². The molecule has 3 aliphatic rings. The molecule has 0 radical (unpaired) electrons. The number of β-lactam (4-membered cyclic amide) rings is 1. The predicted molar refractivity (Wildman–Crippen MR) is 242 cm³/mol. The van der Waals surface area contributed by atoms with Gasteiger partial charge in [0.2, 0.25) is 5.88 Å². The highest BCUT2D eigenvalue weighted by molar-refractivity contribution is 8.01. The number of aromatic nitrogens is 3. The Labute approximate surface area is 390 Å². The van der Waals surface area contributed by atoms with Crippen molar-refractivity contribution in [1.82, 2.24) is 25.2 Å². The van der Waals surface area contributed by atoms with Crippen LogP contribution in [0.1, 0.15) is 22.4 Å². The molecule has 9 rings (SSSR count). The molecule has 0 bridgehead atoms. The van der Waals surface area contributed by atoms with Gasteiger partial charge in [-0.25, -0.2) is 19.7 Å². The van der Waals surface area contributed by atoms with E-state index in [2.05, 4.69) is 25.4 Å². The SMILES string of the molecule is Nc1nc(/C(=N/OCc2cc(Cl)c3c(c2Cl)OC(c2ccccc2)(c2ccccc2)O3)C(=O)N[C@@H]2C(=O)N3C(OC(=O)O)=C(CSc4ncncc4-c4ccc(O)c(O)c4)CS[C@H]23)cs1. The zero-order valence-corrected chi connectivity index (χ0v) is 37.0. The molecule has 2 atom stereocenters. The standard InChI is InChI=1S/C43H31Cl2N7O10S3/c44-27-13-22(31(45)35-34(27)61-43(62-35,24-7-3-1-4-8-24)25-9-5-2-6-10-25)16-59-51-32(28-19-65-41(46)49-28)36(55)50-33-38(56)52-39(60-42(57)58)23(18-64-40(33)52)17-63-37-26(15-47-20-48-37)21-11-12-29(53)30(54)14-21/h1-15,19-20,33,40,53-54H,16-18H2,(H2,46,49)(H,50,55)(H,57,58)/b51-32-/t33-,40-/m1/s1. The van der Waals surface area contributed by atoms with Crippen LogP contribution in [0.3, 0.4) is 0 Å². The Bertz CT molecular complexity index is 2890. The minimum Gasteiger partial charge on any atom is -0.504 e. The molecular formula is C43H31Cl2N7O10S3. The number of carbonyl (C=O) groups is 3. The van der Waals surface area contributed by atoms with Crippen molar-refractivity contribution in [3.8, 4) is 34.1 Å². The summed E-state index contributed by atoms with van der Waals surface area (Å²) >= 11 is 17.3. The largest absolute Gasteiger partial charge is 0.512 e. The molecule has 22 heteroatoms. The zero-order valence-electron chi connectivity index (χ0n) is 33.1. The number of phenols is 2. The fraction of sp³-hybridized carbons (Fsp3) is 0.140. The van der Waals surface area contributed by atoms with E-state index >= 15 is 0 Å².